The van der Waals surface area contributed by atoms with Crippen LogP contribution < -0.4 is 22.0 Å². The van der Waals surface area contributed by atoms with Gasteiger partial charge in [-0.1, -0.05) is 6.07 Å². The molecule has 1 unspecified atom stereocenters. The van der Waals surface area contributed by atoms with Crippen molar-refractivity contribution in [1.82, 2.24) is 20.2 Å². The fourth-order valence-electron chi connectivity index (χ4n) is 4.68. The molecular weight excluding hydrogens is 468 g/mol. The van der Waals surface area contributed by atoms with Gasteiger partial charge in [0, 0.05) is 41.0 Å². The molecule has 188 valence electrons. The molecule has 0 bridgehead atoms. The van der Waals surface area contributed by atoms with E-state index >= 15 is 0 Å². The van der Waals surface area contributed by atoms with Crippen LogP contribution in [-0.4, -0.2) is 20.7 Å². The lowest BCUT2D eigenvalue weighted by Gasteiger charge is -2.20. The molecule has 1 amide bonds. The number of nitrogens with one attached hydrogen (secondary N) is 2. The van der Waals surface area contributed by atoms with Gasteiger partial charge in [0.25, 0.3) is 5.91 Å². The maximum absolute atomic E-state index is 13.5. The van der Waals surface area contributed by atoms with Gasteiger partial charge in [0.15, 0.2) is 11.1 Å². The van der Waals surface area contributed by atoms with Gasteiger partial charge in [-0.15, -0.1) is 0 Å². The fraction of sp³-hybridized carbons (Fsp3) is 0.214. The van der Waals surface area contributed by atoms with Gasteiger partial charge in [-0.25, -0.2) is 10.8 Å². The first-order valence-electron chi connectivity index (χ1n) is 11.9. The number of hydrogen-bond acceptors (Lipinski definition) is 7. The third-order valence-corrected chi connectivity index (χ3v) is 6.49. The summed E-state index contributed by atoms with van der Waals surface area (Å²) in [6.45, 7) is 7.47. The average molecular weight is 497 g/mol. The zero-order valence-corrected chi connectivity index (χ0v) is 21.3. The normalized spacial score (nSPS) is 12.2. The van der Waals surface area contributed by atoms with Crippen LogP contribution in [0.2, 0.25) is 0 Å². The highest BCUT2D eigenvalue weighted by atomic mass is 16.3. The van der Waals surface area contributed by atoms with Crippen LogP contribution in [0.15, 0.2) is 57.9 Å². The summed E-state index contributed by atoms with van der Waals surface area (Å²) in [6, 6.07) is 12.9. The van der Waals surface area contributed by atoms with E-state index < -0.39 is 5.91 Å². The minimum atomic E-state index is -0.497. The molecule has 0 aliphatic rings. The van der Waals surface area contributed by atoms with Crippen LogP contribution in [0.3, 0.4) is 0 Å². The maximum Gasteiger partial charge on any atom is 0.285 e. The first kappa shape index (κ1) is 24.2. The molecule has 9 nitrogen and oxygen atoms in total. The van der Waals surface area contributed by atoms with Crippen molar-refractivity contribution in [2.24, 2.45) is 12.9 Å². The fourth-order valence-corrected chi connectivity index (χ4v) is 4.68. The number of carbonyl (C=O) groups excluding carboxylic acids is 1. The second kappa shape index (κ2) is 9.18. The van der Waals surface area contributed by atoms with E-state index in [4.69, 9.17) is 10.3 Å². The lowest BCUT2D eigenvalue weighted by Crippen LogP contribution is -2.31. The Kier molecular flexibility index (Phi) is 6.01. The summed E-state index contributed by atoms with van der Waals surface area (Å²) in [6.07, 6.45) is 1.93. The Bertz CT molecular complexity index is 1750. The molecule has 2 aromatic carbocycles. The highest BCUT2D eigenvalue weighted by Gasteiger charge is 2.21. The van der Waals surface area contributed by atoms with Crippen molar-refractivity contribution >= 4 is 33.5 Å². The highest BCUT2D eigenvalue weighted by Crippen LogP contribution is 2.33. The van der Waals surface area contributed by atoms with Crippen molar-refractivity contribution in [2.75, 3.05) is 5.32 Å². The quantitative estimate of drug-likeness (QED) is 0.186. The van der Waals surface area contributed by atoms with E-state index in [9.17, 15) is 9.59 Å². The Morgan fingerprint density at radius 3 is 2.65 bits per heavy atom. The molecule has 0 aliphatic carbocycles. The largest absolute Gasteiger partial charge is 0.455 e. The van der Waals surface area contributed by atoms with Crippen molar-refractivity contribution in [1.29, 1.82) is 0 Å². The molecule has 0 saturated heterocycles. The molecule has 1 atom stereocenters. The van der Waals surface area contributed by atoms with Crippen molar-refractivity contribution in [3.8, 4) is 11.3 Å². The Morgan fingerprint density at radius 2 is 1.89 bits per heavy atom. The number of aromatic nitrogens is 3. The van der Waals surface area contributed by atoms with E-state index in [-0.39, 0.29) is 17.2 Å². The molecule has 0 saturated carbocycles. The van der Waals surface area contributed by atoms with Crippen LogP contribution >= 0.6 is 0 Å². The van der Waals surface area contributed by atoms with Gasteiger partial charge in [-0.05, 0) is 69.7 Å². The second-order valence-electron chi connectivity index (χ2n) is 9.38. The van der Waals surface area contributed by atoms with Crippen LogP contribution in [0.25, 0.3) is 33.2 Å². The summed E-state index contributed by atoms with van der Waals surface area (Å²) in [7, 11) is 1.87. The van der Waals surface area contributed by atoms with Crippen LogP contribution in [-0.2, 0) is 7.05 Å². The number of nitrogens with zero attached hydrogens (tertiary/aromatic N) is 3. The lowest BCUT2D eigenvalue weighted by molar-refractivity contribution is 0.0949. The third-order valence-electron chi connectivity index (χ3n) is 6.49. The summed E-state index contributed by atoms with van der Waals surface area (Å²) in [5.74, 6) is 5.39. The van der Waals surface area contributed by atoms with Gasteiger partial charge in [-0.3, -0.25) is 19.7 Å². The number of hydrogen-bond donors (Lipinski definition) is 3. The molecule has 5 aromatic rings. The second-order valence-corrected chi connectivity index (χ2v) is 9.38. The molecule has 9 heteroatoms. The molecule has 0 fully saturated rings. The van der Waals surface area contributed by atoms with E-state index in [1.54, 1.807) is 24.6 Å². The number of nitrogen functional groups attached to an aromatic ring is 1. The number of nitrogens with two attached hydrogens (primary N) is 1. The van der Waals surface area contributed by atoms with E-state index in [0.29, 0.717) is 33.7 Å². The number of fused-ring (bicyclic) bond motifs is 2. The first-order valence-corrected chi connectivity index (χ1v) is 11.9. The maximum atomic E-state index is 13.5. The molecule has 37 heavy (non-hydrogen) atoms. The summed E-state index contributed by atoms with van der Waals surface area (Å²) < 4.78 is 8.25. The molecular formula is C28H28N6O3. The SMILES string of the molecule is Cc1cc(C(C)Nc2ccc(C)nc2C(=O)NN)c2oc(-c3ccc4nn(C)cc4c3)c(C)c(=O)c2c1. The number of pyridine rings is 1. The number of carbonyl (C=O) groups is 1. The van der Waals surface area contributed by atoms with Crippen molar-refractivity contribution in [3.05, 3.63) is 87.0 Å². The van der Waals surface area contributed by atoms with E-state index in [1.165, 1.54) is 0 Å². The molecule has 3 aromatic heterocycles. The zero-order valence-electron chi connectivity index (χ0n) is 21.3. The Morgan fingerprint density at radius 1 is 1.11 bits per heavy atom. The molecule has 0 spiro atoms. The summed E-state index contributed by atoms with van der Waals surface area (Å²) >= 11 is 0. The minimum absolute atomic E-state index is 0.0834. The molecule has 4 N–H and O–H groups in total. The summed E-state index contributed by atoms with van der Waals surface area (Å²) in [4.78, 5) is 30.2. The van der Waals surface area contributed by atoms with Crippen molar-refractivity contribution in [2.45, 2.75) is 33.7 Å². The highest BCUT2D eigenvalue weighted by molar-refractivity contribution is 5.97. The first-order chi connectivity index (χ1) is 17.7. The Labute approximate surface area is 213 Å². The number of hydrazine groups is 1. The standard InChI is InChI=1S/C28H28N6O3/c1-14-10-20(17(4)31-23-8-6-15(2)30-24(23)28(36)32-29)27-21(11-14)25(35)16(3)26(37-27)18-7-9-22-19(12-18)13-34(5)33-22/h6-13,17,31H,29H2,1-5H3,(H,32,36). The summed E-state index contributed by atoms with van der Waals surface area (Å²) in [5, 5.41) is 9.25. The molecule has 0 aliphatic heterocycles. The number of amides is 1. The molecule has 5 rings (SSSR count). The molecule has 0 radical (unpaired) electrons. The zero-order chi connectivity index (χ0) is 26.4. The lowest BCUT2D eigenvalue weighted by atomic mass is 9.98. The van der Waals surface area contributed by atoms with Gasteiger partial charge < -0.3 is 9.73 Å². The van der Waals surface area contributed by atoms with Gasteiger partial charge in [0.2, 0.25) is 0 Å². The molecule has 3 heterocycles. The average Bonchev–Trinajstić information content (AvgIpc) is 3.25. The van der Waals surface area contributed by atoms with E-state index in [1.807, 2.05) is 63.5 Å². The predicted octanol–water partition coefficient (Wildman–Crippen LogP) is 4.44. The number of anilines is 1. The van der Waals surface area contributed by atoms with Crippen molar-refractivity contribution in [3.63, 3.8) is 0 Å². The van der Waals surface area contributed by atoms with Gasteiger partial charge in [0.1, 0.15) is 11.3 Å². The Balaban J connectivity index is 1.66. The monoisotopic (exact) mass is 496 g/mol. The van der Waals surface area contributed by atoms with Crippen LogP contribution in [0.5, 0.6) is 0 Å². The number of aryl methyl sites for hydroxylation is 3. The van der Waals surface area contributed by atoms with Crippen LogP contribution in [0, 0.1) is 20.8 Å². The number of rotatable bonds is 5. The topological polar surface area (TPSA) is 128 Å². The minimum Gasteiger partial charge on any atom is -0.455 e. The van der Waals surface area contributed by atoms with Gasteiger partial charge >= 0.3 is 0 Å². The van der Waals surface area contributed by atoms with Gasteiger partial charge in [0.05, 0.1) is 22.6 Å². The van der Waals surface area contributed by atoms with Crippen LogP contribution in [0.1, 0.15) is 45.8 Å². The van der Waals surface area contributed by atoms with Gasteiger partial charge in [-0.2, -0.15) is 5.10 Å². The smallest absolute Gasteiger partial charge is 0.285 e. The summed E-state index contributed by atoms with van der Waals surface area (Å²) in [5.41, 5.74) is 7.87. The van der Waals surface area contributed by atoms with Crippen molar-refractivity contribution < 1.29 is 9.21 Å². The van der Waals surface area contributed by atoms with E-state index in [0.717, 1.165) is 27.6 Å². The number of benzene rings is 2. The van der Waals surface area contributed by atoms with E-state index in [2.05, 4.69) is 20.8 Å². The Hall–Kier alpha value is -4.50. The predicted molar refractivity (Wildman–Crippen MR) is 144 cm³/mol. The van der Waals surface area contributed by atoms with Crippen LogP contribution in [0.4, 0.5) is 5.69 Å². The third kappa shape index (κ3) is 4.34.